The molecule has 2 aromatic carbocycles. The monoisotopic (exact) mass is 296 g/mol. The first kappa shape index (κ1) is 14.4. The molecule has 0 unspecified atom stereocenters. The van der Waals surface area contributed by atoms with Crippen LogP contribution in [0.3, 0.4) is 0 Å². The van der Waals surface area contributed by atoms with Crippen molar-refractivity contribution in [2.45, 2.75) is 13.3 Å². The Kier molecular flexibility index (Phi) is 4.00. The number of carbonyl (C=O) groups excluding carboxylic acids is 1. The molecule has 1 N–H and O–H groups in total. The summed E-state index contributed by atoms with van der Waals surface area (Å²) in [4.78, 5) is 14.2. The number of likely N-dealkylation sites (N-methyl/N-ethyl adjacent to an activating group) is 1. The number of amides is 1. The van der Waals surface area contributed by atoms with E-state index in [0.29, 0.717) is 5.75 Å². The fourth-order valence-corrected chi connectivity index (χ4v) is 2.70. The molecule has 4 nitrogen and oxygen atoms in total. The van der Waals surface area contributed by atoms with Gasteiger partial charge in [0.2, 0.25) is 0 Å². The quantitative estimate of drug-likeness (QED) is 0.943. The molecule has 0 saturated heterocycles. The molecule has 1 aliphatic heterocycles. The Morgan fingerprint density at radius 1 is 1.27 bits per heavy atom. The number of hydrogen-bond acceptors (Lipinski definition) is 3. The van der Waals surface area contributed by atoms with Crippen LogP contribution in [0.5, 0.6) is 5.75 Å². The van der Waals surface area contributed by atoms with E-state index < -0.39 is 0 Å². The minimum atomic E-state index is -0.146. The van der Waals surface area contributed by atoms with Crippen molar-refractivity contribution in [3.63, 3.8) is 0 Å². The van der Waals surface area contributed by atoms with Gasteiger partial charge >= 0.3 is 0 Å². The molecule has 22 heavy (non-hydrogen) atoms. The third-order valence-electron chi connectivity index (χ3n) is 3.85. The van der Waals surface area contributed by atoms with Gasteiger partial charge in [0, 0.05) is 25.0 Å². The summed E-state index contributed by atoms with van der Waals surface area (Å²) in [5.74, 6) is 0.568. The smallest absolute Gasteiger partial charge is 0.262 e. The standard InChI is InChI=1S/C18H20N2O2/c1-13-4-3-5-16(10-13)22-12-18(21)19-15-6-7-17-14(11-15)8-9-20(17)2/h3-7,10-11H,8-9,12H2,1-2H3,(H,19,21). The van der Waals surface area contributed by atoms with Crippen molar-refractivity contribution >= 4 is 17.3 Å². The SMILES string of the molecule is Cc1cccc(OCC(=O)Nc2ccc3c(c2)CCN3C)c1. The molecular weight excluding hydrogens is 276 g/mol. The van der Waals surface area contributed by atoms with Crippen LogP contribution in [-0.4, -0.2) is 26.1 Å². The van der Waals surface area contributed by atoms with Gasteiger partial charge in [0.05, 0.1) is 0 Å². The van der Waals surface area contributed by atoms with Gasteiger partial charge in [-0.15, -0.1) is 0 Å². The molecule has 3 rings (SSSR count). The summed E-state index contributed by atoms with van der Waals surface area (Å²) in [7, 11) is 2.08. The van der Waals surface area contributed by atoms with E-state index in [4.69, 9.17) is 4.74 Å². The van der Waals surface area contributed by atoms with Crippen molar-refractivity contribution in [2.75, 3.05) is 30.4 Å². The summed E-state index contributed by atoms with van der Waals surface area (Å²) in [6, 6.07) is 13.7. The highest BCUT2D eigenvalue weighted by Gasteiger charge is 2.16. The molecule has 2 aromatic rings. The highest BCUT2D eigenvalue weighted by Crippen LogP contribution is 2.29. The van der Waals surface area contributed by atoms with Crippen LogP contribution in [0.2, 0.25) is 0 Å². The Bertz CT molecular complexity index is 697. The maximum atomic E-state index is 12.0. The minimum Gasteiger partial charge on any atom is -0.484 e. The van der Waals surface area contributed by atoms with Gasteiger partial charge in [-0.3, -0.25) is 4.79 Å². The van der Waals surface area contributed by atoms with E-state index in [2.05, 4.69) is 23.3 Å². The second kappa shape index (κ2) is 6.10. The zero-order chi connectivity index (χ0) is 15.5. The molecule has 1 aliphatic rings. The average molecular weight is 296 g/mol. The number of anilines is 2. The van der Waals surface area contributed by atoms with E-state index in [-0.39, 0.29) is 12.5 Å². The van der Waals surface area contributed by atoms with Gasteiger partial charge in [-0.2, -0.15) is 0 Å². The van der Waals surface area contributed by atoms with Crippen molar-refractivity contribution in [3.8, 4) is 5.75 Å². The first-order valence-corrected chi connectivity index (χ1v) is 7.45. The van der Waals surface area contributed by atoms with Crippen LogP contribution in [0.1, 0.15) is 11.1 Å². The normalized spacial score (nSPS) is 12.9. The van der Waals surface area contributed by atoms with Crippen molar-refractivity contribution < 1.29 is 9.53 Å². The fraction of sp³-hybridized carbons (Fsp3) is 0.278. The van der Waals surface area contributed by atoms with Crippen LogP contribution in [0.15, 0.2) is 42.5 Å². The molecule has 0 spiro atoms. The zero-order valence-corrected chi connectivity index (χ0v) is 12.9. The summed E-state index contributed by atoms with van der Waals surface area (Å²) in [6.07, 6.45) is 1.02. The Balaban J connectivity index is 1.58. The maximum absolute atomic E-state index is 12.0. The number of carbonyl (C=O) groups is 1. The van der Waals surface area contributed by atoms with E-state index >= 15 is 0 Å². The lowest BCUT2D eigenvalue weighted by atomic mass is 10.1. The molecule has 1 amide bonds. The van der Waals surface area contributed by atoms with Crippen LogP contribution in [0, 0.1) is 6.92 Å². The number of nitrogens with one attached hydrogen (secondary N) is 1. The molecule has 0 atom stereocenters. The van der Waals surface area contributed by atoms with E-state index in [1.54, 1.807) is 0 Å². The number of hydrogen-bond donors (Lipinski definition) is 1. The summed E-state index contributed by atoms with van der Waals surface area (Å²) in [6.45, 7) is 3.04. The van der Waals surface area contributed by atoms with Gasteiger partial charge in [-0.1, -0.05) is 12.1 Å². The predicted octanol–water partition coefficient (Wildman–Crippen LogP) is 3.00. The van der Waals surface area contributed by atoms with Crippen LogP contribution in [-0.2, 0) is 11.2 Å². The minimum absolute atomic E-state index is 0.0143. The lowest BCUT2D eigenvalue weighted by Gasteiger charge is -2.13. The van der Waals surface area contributed by atoms with E-state index in [1.165, 1.54) is 11.3 Å². The van der Waals surface area contributed by atoms with Crippen molar-refractivity contribution in [1.29, 1.82) is 0 Å². The van der Waals surface area contributed by atoms with Crippen LogP contribution >= 0.6 is 0 Å². The predicted molar refractivity (Wildman–Crippen MR) is 88.7 cm³/mol. The summed E-state index contributed by atoms with van der Waals surface area (Å²) < 4.78 is 5.51. The average Bonchev–Trinajstić information content (AvgIpc) is 2.86. The Labute approximate surface area is 130 Å². The molecule has 1 heterocycles. The van der Waals surface area contributed by atoms with Crippen molar-refractivity contribution in [1.82, 2.24) is 0 Å². The Morgan fingerprint density at radius 3 is 2.95 bits per heavy atom. The van der Waals surface area contributed by atoms with E-state index in [0.717, 1.165) is 24.2 Å². The number of rotatable bonds is 4. The molecule has 0 aromatic heterocycles. The van der Waals surface area contributed by atoms with Gasteiger partial charge < -0.3 is 15.0 Å². The number of ether oxygens (including phenoxy) is 1. The second-order valence-corrected chi connectivity index (χ2v) is 5.67. The highest BCUT2D eigenvalue weighted by molar-refractivity contribution is 5.92. The zero-order valence-electron chi connectivity index (χ0n) is 12.9. The first-order chi connectivity index (χ1) is 10.6. The number of aryl methyl sites for hydroxylation is 1. The first-order valence-electron chi connectivity index (χ1n) is 7.45. The van der Waals surface area contributed by atoms with Crippen LogP contribution < -0.4 is 15.0 Å². The lowest BCUT2D eigenvalue weighted by molar-refractivity contribution is -0.118. The second-order valence-electron chi connectivity index (χ2n) is 5.67. The van der Waals surface area contributed by atoms with Gasteiger partial charge in [0.1, 0.15) is 5.75 Å². The van der Waals surface area contributed by atoms with Crippen molar-refractivity contribution in [3.05, 3.63) is 53.6 Å². The maximum Gasteiger partial charge on any atom is 0.262 e. The molecule has 0 aliphatic carbocycles. The van der Waals surface area contributed by atoms with Gasteiger partial charge in [-0.25, -0.2) is 0 Å². The molecule has 0 radical (unpaired) electrons. The molecular formula is C18H20N2O2. The summed E-state index contributed by atoms with van der Waals surface area (Å²) in [5.41, 5.74) is 4.46. The van der Waals surface area contributed by atoms with E-state index in [9.17, 15) is 4.79 Å². The molecule has 114 valence electrons. The summed E-state index contributed by atoms with van der Waals surface area (Å²) >= 11 is 0. The third kappa shape index (κ3) is 3.22. The topological polar surface area (TPSA) is 41.6 Å². The number of benzene rings is 2. The number of nitrogens with zero attached hydrogens (tertiary/aromatic N) is 1. The van der Waals surface area contributed by atoms with E-state index in [1.807, 2.05) is 43.3 Å². The third-order valence-corrected chi connectivity index (χ3v) is 3.85. The Morgan fingerprint density at radius 2 is 2.14 bits per heavy atom. The molecule has 0 fully saturated rings. The van der Waals surface area contributed by atoms with Gasteiger partial charge in [-0.05, 0) is 54.8 Å². The van der Waals surface area contributed by atoms with Gasteiger partial charge in [0.15, 0.2) is 6.61 Å². The van der Waals surface area contributed by atoms with Gasteiger partial charge in [0.25, 0.3) is 5.91 Å². The number of fused-ring (bicyclic) bond motifs is 1. The molecule has 0 bridgehead atoms. The highest BCUT2D eigenvalue weighted by atomic mass is 16.5. The summed E-state index contributed by atoms with van der Waals surface area (Å²) in [5, 5.41) is 2.89. The largest absolute Gasteiger partial charge is 0.484 e. The van der Waals surface area contributed by atoms with Crippen LogP contribution in [0.4, 0.5) is 11.4 Å². The molecule has 4 heteroatoms. The van der Waals surface area contributed by atoms with Crippen LogP contribution in [0.25, 0.3) is 0 Å². The van der Waals surface area contributed by atoms with Crippen molar-refractivity contribution in [2.24, 2.45) is 0 Å². The molecule has 0 saturated carbocycles. The Hall–Kier alpha value is -2.49. The fourth-order valence-electron chi connectivity index (χ4n) is 2.70. The lowest BCUT2D eigenvalue weighted by Crippen LogP contribution is -2.20.